The summed E-state index contributed by atoms with van der Waals surface area (Å²) in [6, 6.07) is 14.2. The summed E-state index contributed by atoms with van der Waals surface area (Å²) in [6.07, 6.45) is 1.93. The second kappa shape index (κ2) is 7.16. The molecule has 21 heavy (non-hydrogen) atoms. The zero-order valence-electron chi connectivity index (χ0n) is 11.3. The van der Waals surface area contributed by atoms with Crippen LogP contribution in [0.15, 0.2) is 47.4 Å². The Hall–Kier alpha value is -1.96. The summed E-state index contributed by atoms with van der Waals surface area (Å²) in [4.78, 5) is 13.0. The van der Waals surface area contributed by atoms with Crippen LogP contribution in [0, 0.1) is 11.3 Å². The molecule has 2 aromatic rings. The van der Waals surface area contributed by atoms with Crippen molar-refractivity contribution in [2.24, 2.45) is 0 Å². The molecule has 0 saturated heterocycles. The molecule has 0 unspecified atom stereocenters. The number of ether oxygens (including phenoxy) is 1. The van der Waals surface area contributed by atoms with Gasteiger partial charge in [0.25, 0.3) is 0 Å². The number of rotatable bonds is 4. The van der Waals surface area contributed by atoms with Crippen LogP contribution in [0.25, 0.3) is 0 Å². The Morgan fingerprint density at radius 2 is 2.00 bits per heavy atom. The minimum absolute atomic E-state index is 0.143. The normalized spacial score (nSPS) is 9.95. The Labute approximate surface area is 132 Å². The molecule has 0 spiro atoms. The highest BCUT2D eigenvalue weighted by Gasteiger charge is 2.13. The lowest BCUT2D eigenvalue weighted by Crippen LogP contribution is -2.06. The molecule has 0 aromatic heterocycles. The molecule has 0 aliphatic rings. The lowest BCUT2D eigenvalue weighted by Gasteiger charge is -2.07. The SMILES string of the molecule is CSc1ccc(Cl)c(C(=O)OCc2ccc(C#N)cc2)c1. The fourth-order valence-electron chi connectivity index (χ4n) is 1.69. The first-order chi connectivity index (χ1) is 10.1. The van der Waals surface area contributed by atoms with E-state index in [0.29, 0.717) is 16.1 Å². The van der Waals surface area contributed by atoms with Gasteiger partial charge in [0.05, 0.1) is 22.2 Å². The molecule has 0 fully saturated rings. The van der Waals surface area contributed by atoms with Gasteiger partial charge in [-0.15, -0.1) is 11.8 Å². The number of nitrogens with zero attached hydrogens (tertiary/aromatic N) is 1. The van der Waals surface area contributed by atoms with Crippen molar-refractivity contribution in [1.82, 2.24) is 0 Å². The monoisotopic (exact) mass is 317 g/mol. The van der Waals surface area contributed by atoms with Crippen LogP contribution >= 0.6 is 23.4 Å². The number of carbonyl (C=O) groups excluding carboxylic acids is 1. The third-order valence-electron chi connectivity index (χ3n) is 2.85. The number of thioether (sulfide) groups is 1. The van der Waals surface area contributed by atoms with Crippen molar-refractivity contribution in [3.05, 3.63) is 64.2 Å². The molecule has 0 aliphatic carbocycles. The standard InChI is InChI=1S/C16H12ClNO2S/c1-21-13-6-7-15(17)14(8-13)16(19)20-10-12-4-2-11(9-18)3-5-12/h2-8H,10H2,1H3. The summed E-state index contributed by atoms with van der Waals surface area (Å²) >= 11 is 7.55. The molecule has 0 bridgehead atoms. The van der Waals surface area contributed by atoms with Gasteiger partial charge in [0.2, 0.25) is 0 Å². The zero-order valence-corrected chi connectivity index (χ0v) is 12.9. The van der Waals surface area contributed by atoms with Crippen LogP contribution in [0.3, 0.4) is 0 Å². The Morgan fingerprint density at radius 1 is 1.29 bits per heavy atom. The maximum atomic E-state index is 12.1. The van der Waals surface area contributed by atoms with Gasteiger partial charge in [-0.2, -0.15) is 5.26 Å². The van der Waals surface area contributed by atoms with E-state index in [-0.39, 0.29) is 6.61 Å². The molecule has 0 amide bonds. The van der Waals surface area contributed by atoms with Crippen LogP contribution in [0.4, 0.5) is 0 Å². The Balaban J connectivity index is 2.06. The van der Waals surface area contributed by atoms with Crippen LogP contribution in [-0.2, 0) is 11.3 Å². The van der Waals surface area contributed by atoms with Gasteiger partial charge in [-0.3, -0.25) is 0 Å². The maximum absolute atomic E-state index is 12.1. The third-order valence-corrected chi connectivity index (χ3v) is 3.90. The molecule has 5 heteroatoms. The van der Waals surface area contributed by atoms with Crippen LogP contribution in [0.1, 0.15) is 21.5 Å². The summed E-state index contributed by atoms with van der Waals surface area (Å²) in [6.45, 7) is 0.143. The number of esters is 1. The highest BCUT2D eigenvalue weighted by molar-refractivity contribution is 7.98. The Morgan fingerprint density at radius 3 is 2.62 bits per heavy atom. The predicted molar refractivity (Wildman–Crippen MR) is 83.5 cm³/mol. The third kappa shape index (κ3) is 4.01. The maximum Gasteiger partial charge on any atom is 0.340 e. The highest BCUT2D eigenvalue weighted by atomic mass is 35.5. The van der Waals surface area contributed by atoms with Crippen molar-refractivity contribution in [3.8, 4) is 6.07 Å². The average Bonchev–Trinajstić information content (AvgIpc) is 2.53. The summed E-state index contributed by atoms with van der Waals surface area (Å²) < 4.78 is 5.25. The van der Waals surface area contributed by atoms with E-state index < -0.39 is 5.97 Å². The molecule has 0 N–H and O–H groups in total. The van der Waals surface area contributed by atoms with E-state index in [1.165, 1.54) is 11.8 Å². The molecule has 3 nitrogen and oxygen atoms in total. The van der Waals surface area contributed by atoms with Crippen molar-refractivity contribution in [2.75, 3.05) is 6.26 Å². The molecule has 106 valence electrons. The van der Waals surface area contributed by atoms with E-state index in [2.05, 4.69) is 0 Å². The van der Waals surface area contributed by atoms with Crippen molar-refractivity contribution >= 4 is 29.3 Å². The first-order valence-electron chi connectivity index (χ1n) is 6.13. The summed E-state index contributed by atoms with van der Waals surface area (Å²) in [5.74, 6) is -0.458. The van der Waals surface area contributed by atoms with Crippen molar-refractivity contribution in [1.29, 1.82) is 5.26 Å². The van der Waals surface area contributed by atoms with Crippen molar-refractivity contribution < 1.29 is 9.53 Å². The number of benzene rings is 2. The van der Waals surface area contributed by atoms with Crippen LogP contribution in [0.2, 0.25) is 5.02 Å². The summed E-state index contributed by atoms with van der Waals surface area (Å²) in [5.41, 5.74) is 1.75. The average molecular weight is 318 g/mol. The molecule has 0 aliphatic heterocycles. The molecule has 0 radical (unpaired) electrons. The van der Waals surface area contributed by atoms with Gasteiger partial charge in [0.1, 0.15) is 6.61 Å². The molecule has 0 atom stereocenters. The quantitative estimate of drug-likeness (QED) is 0.623. The van der Waals surface area contributed by atoms with E-state index >= 15 is 0 Å². The molecule has 0 saturated carbocycles. The fraction of sp³-hybridized carbons (Fsp3) is 0.125. The number of hydrogen-bond acceptors (Lipinski definition) is 4. The van der Waals surface area contributed by atoms with Gasteiger partial charge in [-0.25, -0.2) is 4.79 Å². The first kappa shape index (κ1) is 15.4. The summed E-state index contributed by atoms with van der Waals surface area (Å²) in [5, 5.41) is 9.10. The Kier molecular flexibility index (Phi) is 5.26. The molecule has 0 heterocycles. The second-order valence-corrected chi connectivity index (χ2v) is 5.52. The minimum Gasteiger partial charge on any atom is -0.457 e. The van der Waals surface area contributed by atoms with Crippen molar-refractivity contribution in [2.45, 2.75) is 11.5 Å². The number of carbonyl (C=O) groups is 1. The van der Waals surface area contributed by atoms with E-state index in [1.807, 2.05) is 18.4 Å². The number of nitriles is 1. The smallest absolute Gasteiger partial charge is 0.340 e. The number of halogens is 1. The van der Waals surface area contributed by atoms with Crippen LogP contribution in [-0.4, -0.2) is 12.2 Å². The molecular weight excluding hydrogens is 306 g/mol. The highest BCUT2D eigenvalue weighted by Crippen LogP contribution is 2.24. The van der Waals surface area contributed by atoms with Gasteiger partial charge in [0, 0.05) is 4.90 Å². The largest absolute Gasteiger partial charge is 0.457 e. The zero-order chi connectivity index (χ0) is 15.2. The number of hydrogen-bond donors (Lipinski definition) is 0. The van der Waals surface area contributed by atoms with E-state index in [4.69, 9.17) is 21.6 Å². The van der Waals surface area contributed by atoms with Gasteiger partial charge in [-0.1, -0.05) is 23.7 Å². The fourth-order valence-corrected chi connectivity index (χ4v) is 2.32. The van der Waals surface area contributed by atoms with Gasteiger partial charge >= 0.3 is 5.97 Å². The van der Waals surface area contributed by atoms with Crippen molar-refractivity contribution in [3.63, 3.8) is 0 Å². The Bertz CT molecular complexity index is 692. The molecule has 2 rings (SSSR count). The topological polar surface area (TPSA) is 50.1 Å². The van der Waals surface area contributed by atoms with Crippen LogP contribution < -0.4 is 0 Å². The lowest BCUT2D eigenvalue weighted by atomic mass is 10.1. The second-order valence-electron chi connectivity index (χ2n) is 4.23. The van der Waals surface area contributed by atoms with Gasteiger partial charge < -0.3 is 4.74 Å². The lowest BCUT2D eigenvalue weighted by molar-refractivity contribution is 0.0472. The van der Waals surface area contributed by atoms with E-state index in [9.17, 15) is 4.79 Å². The van der Waals surface area contributed by atoms with E-state index in [1.54, 1.807) is 36.4 Å². The molecule has 2 aromatic carbocycles. The summed E-state index contributed by atoms with van der Waals surface area (Å²) in [7, 11) is 0. The van der Waals surface area contributed by atoms with E-state index in [0.717, 1.165) is 10.5 Å². The first-order valence-corrected chi connectivity index (χ1v) is 7.74. The predicted octanol–water partition coefficient (Wildman–Crippen LogP) is 4.29. The van der Waals surface area contributed by atoms with Crippen LogP contribution in [0.5, 0.6) is 0 Å². The van der Waals surface area contributed by atoms with Gasteiger partial charge in [0.15, 0.2) is 0 Å². The minimum atomic E-state index is -0.458. The van der Waals surface area contributed by atoms with Gasteiger partial charge in [-0.05, 0) is 42.2 Å². The molecular formula is C16H12ClNO2S.